The molecule has 4 rings (SSSR count). The van der Waals surface area contributed by atoms with E-state index < -0.39 is 10.0 Å². The predicted octanol–water partition coefficient (Wildman–Crippen LogP) is 4.52. The molecule has 0 saturated heterocycles. The second kappa shape index (κ2) is 10.3. The molecule has 0 aliphatic heterocycles. The Hall–Kier alpha value is -2.71. The quantitative estimate of drug-likeness (QED) is 0.497. The minimum Gasteiger partial charge on any atom is -0.310 e. The van der Waals surface area contributed by atoms with Crippen LogP contribution in [0.5, 0.6) is 0 Å². The van der Waals surface area contributed by atoms with Crippen LogP contribution in [0.25, 0.3) is 5.82 Å². The number of benzene rings is 1. The van der Waals surface area contributed by atoms with Crippen LogP contribution in [0, 0.1) is 5.92 Å². The van der Waals surface area contributed by atoms with E-state index in [4.69, 9.17) is 0 Å². The first kappa shape index (κ1) is 22.5. The van der Waals surface area contributed by atoms with E-state index in [2.05, 4.69) is 26.9 Å². The molecule has 2 N–H and O–H groups in total. The predicted molar refractivity (Wildman–Crippen MR) is 126 cm³/mol. The number of sulfonamides is 1. The SMILES string of the molecule is CC(CC1CCCCC1)NCc1ccccc1NS(=O)(=O)c1ccc(-n2ccnc2)nc1. The molecule has 2 aromatic heterocycles. The Balaban J connectivity index is 1.40. The second-order valence-corrected chi connectivity index (χ2v) is 10.3. The molecular weight excluding hydrogens is 422 g/mol. The van der Waals surface area contributed by atoms with Gasteiger partial charge in [0, 0.05) is 31.2 Å². The lowest BCUT2D eigenvalue weighted by molar-refractivity contribution is 0.305. The Kier molecular flexibility index (Phi) is 7.22. The van der Waals surface area contributed by atoms with Crippen molar-refractivity contribution in [3.63, 3.8) is 0 Å². The molecule has 0 amide bonds. The molecule has 1 aliphatic rings. The van der Waals surface area contributed by atoms with Gasteiger partial charge in [0.2, 0.25) is 0 Å². The highest BCUT2D eigenvalue weighted by Gasteiger charge is 2.18. The van der Waals surface area contributed by atoms with Crippen LogP contribution >= 0.6 is 0 Å². The highest BCUT2D eigenvalue weighted by molar-refractivity contribution is 7.92. The molecule has 32 heavy (non-hydrogen) atoms. The monoisotopic (exact) mass is 453 g/mol. The van der Waals surface area contributed by atoms with Gasteiger partial charge in [0.15, 0.2) is 0 Å². The summed E-state index contributed by atoms with van der Waals surface area (Å²) < 4.78 is 30.4. The number of aromatic nitrogens is 3. The number of rotatable bonds is 9. The molecule has 1 atom stereocenters. The van der Waals surface area contributed by atoms with E-state index in [1.54, 1.807) is 41.5 Å². The van der Waals surface area contributed by atoms with Gasteiger partial charge in [-0.05, 0) is 43.0 Å². The Bertz CT molecular complexity index is 1090. The maximum atomic E-state index is 13.0. The van der Waals surface area contributed by atoms with Crippen molar-refractivity contribution in [2.75, 3.05) is 4.72 Å². The Labute approximate surface area is 190 Å². The molecule has 2 heterocycles. The van der Waals surface area contributed by atoms with Gasteiger partial charge in [-0.1, -0.05) is 50.3 Å². The Morgan fingerprint density at radius 2 is 1.94 bits per heavy atom. The third-order valence-corrected chi connectivity index (χ3v) is 7.47. The van der Waals surface area contributed by atoms with Crippen molar-refractivity contribution in [3.05, 3.63) is 66.9 Å². The summed E-state index contributed by atoms with van der Waals surface area (Å²) in [5, 5.41) is 3.58. The average Bonchev–Trinajstić information content (AvgIpc) is 3.34. The standard InChI is InChI=1S/C24H31N5O2S/c1-19(15-20-7-3-2-4-8-20)26-16-21-9-5-6-10-23(21)28-32(30,31)22-11-12-24(27-17-22)29-14-13-25-18-29/h5-6,9-14,17-20,26,28H,2-4,7-8,15-16H2,1H3. The van der Waals surface area contributed by atoms with Crippen molar-refractivity contribution in [1.29, 1.82) is 0 Å². The summed E-state index contributed by atoms with van der Waals surface area (Å²) in [5.41, 5.74) is 1.51. The van der Waals surface area contributed by atoms with Crippen LogP contribution in [0.2, 0.25) is 0 Å². The minimum absolute atomic E-state index is 0.120. The molecule has 0 spiro atoms. The van der Waals surface area contributed by atoms with Gasteiger partial charge in [0.05, 0.1) is 5.69 Å². The zero-order valence-electron chi connectivity index (χ0n) is 18.4. The third-order valence-electron chi connectivity index (χ3n) is 6.11. The van der Waals surface area contributed by atoms with E-state index in [1.807, 2.05) is 18.2 Å². The Morgan fingerprint density at radius 1 is 1.12 bits per heavy atom. The molecule has 1 fully saturated rings. The normalized spacial score (nSPS) is 16.0. The van der Waals surface area contributed by atoms with Crippen LogP contribution in [-0.2, 0) is 16.6 Å². The summed E-state index contributed by atoms with van der Waals surface area (Å²) in [6.07, 6.45) is 14.3. The summed E-state index contributed by atoms with van der Waals surface area (Å²) in [6, 6.07) is 11.1. The summed E-state index contributed by atoms with van der Waals surface area (Å²) in [7, 11) is -3.75. The van der Waals surface area contributed by atoms with Crippen LogP contribution < -0.4 is 10.0 Å². The molecule has 1 aromatic carbocycles. The van der Waals surface area contributed by atoms with Gasteiger partial charge in [-0.2, -0.15) is 0 Å². The number of nitrogens with zero attached hydrogens (tertiary/aromatic N) is 3. The molecule has 170 valence electrons. The summed E-state index contributed by atoms with van der Waals surface area (Å²) in [4.78, 5) is 8.36. The molecule has 0 bridgehead atoms. The fourth-order valence-corrected chi connectivity index (χ4v) is 5.39. The first-order chi connectivity index (χ1) is 15.5. The van der Waals surface area contributed by atoms with Crippen molar-refractivity contribution in [1.82, 2.24) is 19.9 Å². The molecule has 8 heteroatoms. The zero-order chi connectivity index (χ0) is 22.4. The highest BCUT2D eigenvalue weighted by Crippen LogP contribution is 2.27. The molecule has 1 saturated carbocycles. The van der Waals surface area contributed by atoms with E-state index in [0.29, 0.717) is 24.1 Å². The van der Waals surface area contributed by atoms with Crippen molar-refractivity contribution in [2.24, 2.45) is 5.92 Å². The summed E-state index contributed by atoms with van der Waals surface area (Å²) in [5.74, 6) is 1.41. The van der Waals surface area contributed by atoms with E-state index in [-0.39, 0.29) is 4.90 Å². The lowest BCUT2D eigenvalue weighted by Crippen LogP contribution is -2.29. The summed E-state index contributed by atoms with van der Waals surface area (Å²) in [6.45, 7) is 2.83. The molecule has 1 unspecified atom stereocenters. The maximum absolute atomic E-state index is 13.0. The molecular formula is C24H31N5O2S. The van der Waals surface area contributed by atoms with E-state index in [0.717, 1.165) is 11.5 Å². The zero-order valence-corrected chi connectivity index (χ0v) is 19.3. The summed E-state index contributed by atoms with van der Waals surface area (Å²) >= 11 is 0. The minimum atomic E-state index is -3.75. The van der Waals surface area contributed by atoms with Crippen LogP contribution in [0.4, 0.5) is 5.69 Å². The van der Waals surface area contributed by atoms with Crippen LogP contribution in [-0.4, -0.2) is 29.0 Å². The number of para-hydroxylation sites is 1. The van der Waals surface area contributed by atoms with Gasteiger partial charge < -0.3 is 5.32 Å². The number of anilines is 1. The Morgan fingerprint density at radius 3 is 2.66 bits per heavy atom. The van der Waals surface area contributed by atoms with Gasteiger partial charge in [0.25, 0.3) is 10.0 Å². The topological polar surface area (TPSA) is 88.9 Å². The number of pyridine rings is 1. The number of hydrogen-bond acceptors (Lipinski definition) is 5. The fraction of sp³-hybridized carbons (Fsp3) is 0.417. The molecule has 0 radical (unpaired) electrons. The van der Waals surface area contributed by atoms with Crippen molar-refractivity contribution >= 4 is 15.7 Å². The van der Waals surface area contributed by atoms with E-state index >= 15 is 0 Å². The van der Waals surface area contributed by atoms with Gasteiger partial charge in [0.1, 0.15) is 17.0 Å². The van der Waals surface area contributed by atoms with Gasteiger partial charge in [-0.25, -0.2) is 18.4 Å². The number of imidazole rings is 1. The smallest absolute Gasteiger partial charge is 0.263 e. The molecule has 3 aromatic rings. The van der Waals surface area contributed by atoms with E-state index in [1.165, 1.54) is 44.7 Å². The third kappa shape index (κ3) is 5.75. The maximum Gasteiger partial charge on any atom is 0.263 e. The van der Waals surface area contributed by atoms with E-state index in [9.17, 15) is 8.42 Å². The largest absolute Gasteiger partial charge is 0.310 e. The lowest BCUT2D eigenvalue weighted by Gasteiger charge is -2.25. The van der Waals surface area contributed by atoms with Crippen LogP contribution in [0.1, 0.15) is 51.0 Å². The van der Waals surface area contributed by atoms with Crippen LogP contribution in [0.3, 0.4) is 0 Å². The average molecular weight is 454 g/mol. The van der Waals surface area contributed by atoms with Crippen LogP contribution in [0.15, 0.2) is 66.2 Å². The van der Waals surface area contributed by atoms with Crippen molar-refractivity contribution < 1.29 is 8.42 Å². The molecule has 7 nitrogen and oxygen atoms in total. The number of nitrogens with one attached hydrogen (secondary N) is 2. The van der Waals surface area contributed by atoms with Crippen molar-refractivity contribution in [3.8, 4) is 5.82 Å². The highest BCUT2D eigenvalue weighted by atomic mass is 32.2. The number of hydrogen-bond donors (Lipinski definition) is 2. The van der Waals surface area contributed by atoms with Crippen molar-refractivity contribution in [2.45, 2.75) is 62.9 Å². The van der Waals surface area contributed by atoms with Gasteiger partial charge in [-0.15, -0.1) is 0 Å². The van der Waals surface area contributed by atoms with Gasteiger partial charge >= 0.3 is 0 Å². The first-order valence-corrected chi connectivity index (χ1v) is 12.8. The fourth-order valence-electron chi connectivity index (χ4n) is 4.35. The lowest BCUT2D eigenvalue weighted by atomic mass is 9.85. The molecule has 1 aliphatic carbocycles. The van der Waals surface area contributed by atoms with Gasteiger partial charge in [-0.3, -0.25) is 9.29 Å². The first-order valence-electron chi connectivity index (χ1n) is 11.3. The second-order valence-electron chi connectivity index (χ2n) is 8.61.